The smallest absolute Gasteiger partial charge is 0.255 e. The van der Waals surface area contributed by atoms with Crippen LogP contribution in [-0.4, -0.2) is 28.9 Å². The Labute approximate surface area is 111 Å². The first-order valence-corrected chi connectivity index (χ1v) is 6.05. The van der Waals surface area contributed by atoms with Crippen molar-refractivity contribution in [3.8, 4) is 0 Å². The van der Waals surface area contributed by atoms with E-state index in [1.165, 1.54) is 0 Å². The van der Waals surface area contributed by atoms with Gasteiger partial charge in [-0.05, 0) is 18.5 Å². The minimum Gasteiger partial charge on any atom is -0.383 e. The number of hydrogen-bond acceptors (Lipinski definition) is 6. The Bertz CT molecular complexity index is 501. The Balaban J connectivity index is 2.21. The van der Waals surface area contributed by atoms with Crippen LogP contribution < -0.4 is 5.73 Å². The van der Waals surface area contributed by atoms with Gasteiger partial charge in [-0.25, -0.2) is 0 Å². The number of nitrogens with zero attached hydrogens (tertiary/aromatic N) is 2. The van der Waals surface area contributed by atoms with E-state index in [4.69, 9.17) is 15.0 Å². The third kappa shape index (κ3) is 3.17. The van der Waals surface area contributed by atoms with Crippen molar-refractivity contribution in [3.05, 3.63) is 47.6 Å². The van der Waals surface area contributed by atoms with Crippen molar-refractivity contribution in [1.82, 2.24) is 10.1 Å². The fraction of sp³-hybridized carbons (Fsp3) is 0.385. The van der Waals surface area contributed by atoms with Crippen molar-refractivity contribution in [3.63, 3.8) is 0 Å². The molecule has 2 rings (SSSR count). The van der Waals surface area contributed by atoms with E-state index in [-0.39, 0.29) is 5.89 Å². The molecule has 1 aromatic carbocycles. The predicted octanol–water partition coefficient (Wildman–Crippen LogP) is 1.19. The molecule has 0 fully saturated rings. The summed E-state index contributed by atoms with van der Waals surface area (Å²) in [7, 11) is 1.57. The minimum atomic E-state index is -0.834. The van der Waals surface area contributed by atoms with Gasteiger partial charge in [0.05, 0.1) is 0 Å². The van der Waals surface area contributed by atoms with Crippen LogP contribution in [-0.2, 0) is 4.74 Å². The maximum absolute atomic E-state index is 9.74. The first-order chi connectivity index (χ1) is 9.26. The fourth-order valence-electron chi connectivity index (χ4n) is 1.79. The van der Waals surface area contributed by atoms with Crippen molar-refractivity contribution < 1.29 is 14.4 Å². The lowest BCUT2D eigenvalue weighted by Gasteiger charge is -2.10. The van der Waals surface area contributed by atoms with Crippen LogP contribution in [0.1, 0.15) is 35.9 Å². The Hall–Kier alpha value is -1.76. The van der Waals surface area contributed by atoms with Crippen molar-refractivity contribution in [2.45, 2.75) is 18.6 Å². The summed E-state index contributed by atoms with van der Waals surface area (Å²) in [6.45, 7) is 0.352. The number of nitrogens with two attached hydrogens (primary N) is 1. The number of rotatable bonds is 6. The van der Waals surface area contributed by atoms with Crippen LogP contribution in [0.25, 0.3) is 0 Å². The van der Waals surface area contributed by atoms with Crippen LogP contribution in [0, 0.1) is 0 Å². The van der Waals surface area contributed by atoms with Gasteiger partial charge in [-0.15, -0.1) is 0 Å². The molecule has 2 unspecified atom stereocenters. The van der Waals surface area contributed by atoms with Gasteiger partial charge < -0.3 is 20.1 Å². The summed E-state index contributed by atoms with van der Waals surface area (Å²) in [6, 6.07) is 9.57. The molecule has 6 nitrogen and oxygen atoms in total. The van der Waals surface area contributed by atoms with Crippen LogP contribution in [0.2, 0.25) is 0 Å². The lowest BCUT2D eigenvalue weighted by Crippen LogP contribution is -2.08. The van der Waals surface area contributed by atoms with Gasteiger partial charge in [-0.3, -0.25) is 0 Å². The number of aliphatic hydroxyl groups excluding tert-OH is 1. The molecule has 19 heavy (non-hydrogen) atoms. The van der Waals surface area contributed by atoms with E-state index >= 15 is 0 Å². The minimum absolute atomic E-state index is 0.165. The molecule has 2 aromatic rings. The Morgan fingerprint density at radius 3 is 2.74 bits per heavy atom. The molecular weight excluding hydrogens is 246 g/mol. The fourth-order valence-corrected chi connectivity index (χ4v) is 1.79. The second-order valence-corrected chi connectivity index (χ2v) is 4.11. The second-order valence-electron chi connectivity index (χ2n) is 4.11. The predicted molar refractivity (Wildman–Crippen MR) is 68.2 cm³/mol. The highest BCUT2D eigenvalue weighted by Crippen LogP contribution is 2.24. The van der Waals surface area contributed by atoms with Gasteiger partial charge in [0.25, 0.3) is 5.89 Å². The normalized spacial score (nSPS) is 14.3. The summed E-state index contributed by atoms with van der Waals surface area (Å²) in [6.07, 6.45) is -0.867. The third-order valence-electron chi connectivity index (χ3n) is 2.76. The average molecular weight is 263 g/mol. The molecular formula is C13H17N3O3. The third-order valence-corrected chi connectivity index (χ3v) is 2.76. The molecule has 0 spiro atoms. The zero-order chi connectivity index (χ0) is 13.7. The molecule has 0 saturated heterocycles. The van der Waals surface area contributed by atoms with Crippen LogP contribution in [0.4, 0.5) is 0 Å². The number of methoxy groups -OCH3 is 1. The van der Waals surface area contributed by atoms with Gasteiger partial charge >= 0.3 is 0 Å². The largest absolute Gasteiger partial charge is 0.383 e. The highest BCUT2D eigenvalue weighted by Gasteiger charge is 2.22. The summed E-state index contributed by atoms with van der Waals surface area (Å²) in [5.74, 6) is 0.554. The topological polar surface area (TPSA) is 94.4 Å². The van der Waals surface area contributed by atoms with Gasteiger partial charge in [0, 0.05) is 7.11 Å². The summed E-state index contributed by atoms with van der Waals surface area (Å²) >= 11 is 0. The molecule has 0 amide bonds. The highest BCUT2D eigenvalue weighted by atomic mass is 16.5. The molecule has 1 heterocycles. The standard InChI is InChI=1S/C13H17N3O3/c1-18-11(9-5-3-2-4-6-9)12-15-13(19-16-12)10(17)7-8-14/h2-6,10-11,17H,7-8,14H2,1H3. The molecule has 0 aliphatic heterocycles. The molecule has 0 aliphatic rings. The lowest BCUT2D eigenvalue weighted by molar-refractivity contribution is 0.123. The molecule has 0 saturated carbocycles. The quantitative estimate of drug-likeness (QED) is 0.813. The Kier molecular flexibility index (Phi) is 4.62. The van der Waals surface area contributed by atoms with Crippen molar-refractivity contribution in [1.29, 1.82) is 0 Å². The molecule has 0 radical (unpaired) electrons. The first kappa shape index (κ1) is 13.7. The van der Waals surface area contributed by atoms with E-state index in [0.717, 1.165) is 5.56 Å². The van der Waals surface area contributed by atoms with Gasteiger partial charge in [0.2, 0.25) is 5.82 Å². The lowest BCUT2D eigenvalue weighted by atomic mass is 10.1. The van der Waals surface area contributed by atoms with Gasteiger partial charge in [0.1, 0.15) is 12.2 Å². The number of hydrogen-bond donors (Lipinski definition) is 2. The maximum Gasteiger partial charge on any atom is 0.255 e. The zero-order valence-corrected chi connectivity index (χ0v) is 10.7. The van der Waals surface area contributed by atoms with E-state index in [9.17, 15) is 5.11 Å². The van der Waals surface area contributed by atoms with Crippen molar-refractivity contribution >= 4 is 0 Å². The summed E-state index contributed by atoms with van der Waals surface area (Å²) in [5.41, 5.74) is 6.30. The van der Waals surface area contributed by atoms with Crippen LogP contribution in [0.5, 0.6) is 0 Å². The van der Waals surface area contributed by atoms with E-state index in [0.29, 0.717) is 18.8 Å². The number of aromatic nitrogens is 2. The van der Waals surface area contributed by atoms with Gasteiger partial charge in [-0.1, -0.05) is 35.5 Å². The molecule has 0 aliphatic carbocycles. The number of aliphatic hydroxyl groups is 1. The van der Waals surface area contributed by atoms with Crippen molar-refractivity contribution in [2.75, 3.05) is 13.7 Å². The summed E-state index contributed by atoms with van der Waals surface area (Å²) < 4.78 is 10.4. The maximum atomic E-state index is 9.74. The number of ether oxygens (including phenoxy) is 1. The zero-order valence-electron chi connectivity index (χ0n) is 10.7. The van der Waals surface area contributed by atoms with Gasteiger partial charge in [-0.2, -0.15) is 4.98 Å². The second kappa shape index (κ2) is 6.42. The van der Waals surface area contributed by atoms with Gasteiger partial charge in [0.15, 0.2) is 0 Å². The molecule has 102 valence electrons. The first-order valence-electron chi connectivity index (χ1n) is 6.05. The van der Waals surface area contributed by atoms with E-state index in [1.807, 2.05) is 30.3 Å². The Morgan fingerprint density at radius 2 is 2.11 bits per heavy atom. The average Bonchev–Trinajstić information content (AvgIpc) is 2.91. The molecule has 3 N–H and O–H groups in total. The molecule has 2 atom stereocenters. The Morgan fingerprint density at radius 1 is 1.37 bits per heavy atom. The molecule has 1 aromatic heterocycles. The molecule has 6 heteroatoms. The molecule has 0 bridgehead atoms. The van der Waals surface area contributed by atoms with Crippen LogP contribution in [0.15, 0.2) is 34.9 Å². The van der Waals surface area contributed by atoms with Crippen LogP contribution >= 0.6 is 0 Å². The summed E-state index contributed by atoms with van der Waals surface area (Å²) in [5, 5.41) is 13.6. The van der Waals surface area contributed by atoms with Crippen molar-refractivity contribution in [2.24, 2.45) is 5.73 Å². The van der Waals surface area contributed by atoms with E-state index in [2.05, 4.69) is 10.1 Å². The number of benzene rings is 1. The monoisotopic (exact) mass is 263 g/mol. The van der Waals surface area contributed by atoms with Crippen LogP contribution in [0.3, 0.4) is 0 Å². The van der Waals surface area contributed by atoms with E-state index in [1.54, 1.807) is 7.11 Å². The SMILES string of the molecule is COC(c1ccccc1)c1noc(C(O)CCN)n1. The van der Waals surface area contributed by atoms with E-state index < -0.39 is 12.2 Å². The summed E-state index contributed by atoms with van der Waals surface area (Å²) in [4.78, 5) is 4.17. The highest BCUT2D eigenvalue weighted by molar-refractivity contribution is 5.22.